The van der Waals surface area contributed by atoms with Crippen LogP contribution >= 0.6 is 11.6 Å². The van der Waals surface area contributed by atoms with E-state index in [1.807, 2.05) is 0 Å². The van der Waals surface area contributed by atoms with Gasteiger partial charge >= 0.3 is 5.97 Å². The highest BCUT2D eigenvalue weighted by Gasteiger charge is 2.15. The number of esters is 1. The Morgan fingerprint density at radius 3 is 2.83 bits per heavy atom. The molecule has 0 unspecified atom stereocenters. The van der Waals surface area contributed by atoms with Crippen molar-refractivity contribution in [1.82, 2.24) is 15.0 Å². The topological polar surface area (TPSA) is 95.5 Å². The van der Waals surface area contributed by atoms with Gasteiger partial charge in [-0.15, -0.1) is 0 Å². The number of carbonyl (C=O) groups is 1. The molecule has 0 radical (unpaired) electrons. The molecular formula is C20H18ClFN4O4. The lowest BCUT2D eigenvalue weighted by molar-refractivity contribution is -0.145. The molecule has 0 spiro atoms. The first-order chi connectivity index (χ1) is 14.5. The van der Waals surface area contributed by atoms with Crippen LogP contribution in [0.4, 0.5) is 15.9 Å². The number of carbonyl (C=O) groups excluding carboxylic acids is 1. The number of ether oxygens (including phenoxy) is 3. The second kappa shape index (κ2) is 9.84. The molecule has 0 saturated carbocycles. The zero-order valence-corrected chi connectivity index (χ0v) is 16.9. The van der Waals surface area contributed by atoms with Crippen molar-refractivity contribution in [2.45, 2.75) is 6.92 Å². The quantitative estimate of drug-likeness (QED) is 0.533. The summed E-state index contributed by atoms with van der Waals surface area (Å²) in [6.07, 6.45) is 4.38. The Labute approximate surface area is 177 Å². The Morgan fingerprint density at radius 1 is 1.23 bits per heavy atom. The molecule has 2 heterocycles. The van der Waals surface area contributed by atoms with Crippen LogP contribution in [0.5, 0.6) is 11.5 Å². The van der Waals surface area contributed by atoms with E-state index in [1.165, 1.54) is 43.9 Å². The summed E-state index contributed by atoms with van der Waals surface area (Å²) in [5, 5.41) is 3.39. The number of methoxy groups -OCH3 is 1. The van der Waals surface area contributed by atoms with Crippen LogP contribution in [0.3, 0.4) is 0 Å². The molecule has 0 aliphatic heterocycles. The van der Waals surface area contributed by atoms with E-state index >= 15 is 0 Å². The van der Waals surface area contributed by atoms with E-state index in [9.17, 15) is 9.18 Å². The normalized spacial score (nSPS) is 10.4. The molecule has 8 nitrogen and oxygen atoms in total. The number of benzene rings is 1. The largest absolute Gasteiger partial charge is 0.491 e. The number of nitrogens with one attached hydrogen (secondary N) is 1. The van der Waals surface area contributed by atoms with Gasteiger partial charge in [-0.3, -0.25) is 4.98 Å². The van der Waals surface area contributed by atoms with Gasteiger partial charge in [0.1, 0.15) is 5.82 Å². The lowest BCUT2D eigenvalue weighted by Crippen LogP contribution is -2.15. The fourth-order valence-corrected chi connectivity index (χ4v) is 2.65. The van der Waals surface area contributed by atoms with Crippen molar-refractivity contribution in [3.63, 3.8) is 0 Å². The summed E-state index contributed by atoms with van der Waals surface area (Å²) in [5.41, 5.74) is 0.602. The molecule has 30 heavy (non-hydrogen) atoms. The molecule has 0 bridgehead atoms. The minimum Gasteiger partial charge on any atom is -0.491 e. The first-order valence-electron chi connectivity index (χ1n) is 8.87. The number of rotatable bonds is 8. The molecule has 0 saturated heterocycles. The number of anilines is 2. The fraction of sp³-hybridized carbons (Fsp3) is 0.200. The van der Waals surface area contributed by atoms with Gasteiger partial charge in [-0.1, -0.05) is 11.6 Å². The zero-order chi connectivity index (χ0) is 21.5. The molecule has 0 fully saturated rings. The van der Waals surface area contributed by atoms with Gasteiger partial charge in [0, 0.05) is 11.2 Å². The van der Waals surface area contributed by atoms with Crippen LogP contribution in [0, 0.1) is 5.82 Å². The van der Waals surface area contributed by atoms with E-state index in [1.54, 1.807) is 13.0 Å². The Balaban J connectivity index is 1.91. The van der Waals surface area contributed by atoms with Crippen molar-refractivity contribution in [2.75, 3.05) is 25.6 Å². The van der Waals surface area contributed by atoms with Gasteiger partial charge in [0.2, 0.25) is 0 Å². The lowest BCUT2D eigenvalue weighted by Gasteiger charge is -2.14. The monoisotopic (exact) mass is 432 g/mol. The molecule has 1 aromatic carbocycles. The van der Waals surface area contributed by atoms with Crippen molar-refractivity contribution in [3.05, 3.63) is 53.7 Å². The lowest BCUT2D eigenvalue weighted by atomic mass is 10.2. The van der Waals surface area contributed by atoms with Gasteiger partial charge < -0.3 is 19.5 Å². The SMILES string of the molecule is CCOC(=O)COc1cnccc1Nc1nc(-c2cc(Cl)ccc2F)ncc1OC. The molecule has 0 atom stereocenters. The Bertz CT molecular complexity index is 1050. The maximum atomic E-state index is 14.2. The fourth-order valence-electron chi connectivity index (χ4n) is 2.47. The van der Waals surface area contributed by atoms with E-state index in [4.69, 9.17) is 25.8 Å². The van der Waals surface area contributed by atoms with Gasteiger partial charge in [-0.25, -0.2) is 19.2 Å². The molecule has 0 aliphatic rings. The number of halogens is 2. The molecule has 0 aliphatic carbocycles. The number of pyridine rings is 1. The molecule has 3 rings (SSSR count). The van der Waals surface area contributed by atoms with E-state index in [0.29, 0.717) is 22.2 Å². The molecule has 0 amide bonds. The number of aromatic nitrogens is 3. The van der Waals surface area contributed by atoms with Crippen molar-refractivity contribution < 1.29 is 23.4 Å². The molecule has 156 valence electrons. The average molecular weight is 433 g/mol. The molecule has 2 aromatic heterocycles. The van der Waals surface area contributed by atoms with Crippen molar-refractivity contribution in [3.8, 4) is 22.9 Å². The van der Waals surface area contributed by atoms with Crippen LogP contribution in [0.1, 0.15) is 6.92 Å². The number of hydrogen-bond donors (Lipinski definition) is 1. The van der Waals surface area contributed by atoms with Gasteiger partial charge in [0.15, 0.2) is 29.7 Å². The smallest absolute Gasteiger partial charge is 0.344 e. The third-order valence-corrected chi connectivity index (χ3v) is 4.07. The van der Waals surface area contributed by atoms with Crippen LogP contribution < -0.4 is 14.8 Å². The first-order valence-corrected chi connectivity index (χ1v) is 9.25. The van der Waals surface area contributed by atoms with Crippen molar-refractivity contribution in [1.29, 1.82) is 0 Å². The third kappa shape index (κ3) is 5.12. The van der Waals surface area contributed by atoms with Crippen LogP contribution in [-0.2, 0) is 9.53 Å². The van der Waals surface area contributed by atoms with Crippen LogP contribution in [0.2, 0.25) is 5.02 Å². The summed E-state index contributed by atoms with van der Waals surface area (Å²) in [6, 6.07) is 5.74. The summed E-state index contributed by atoms with van der Waals surface area (Å²) in [4.78, 5) is 24.1. The maximum Gasteiger partial charge on any atom is 0.344 e. The first kappa shape index (κ1) is 21.3. The van der Waals surface area contributed by atoms with Crippen LogP contribution in [0.15, 0.2) is 42.9 Å². The van der Waals surface area contributed by atoms with E-state index in [-0.39, 0.29) is 30.4 Å². The van der Waals surface area contributed by atoms with Gasteiger partial charge in [0.25, 0.3) is 0 Å². The predicted octanol–water partition coefficient (Wildman–Crippen LogP) is 4.03. The summed E-state index contributed by atoms with van der Waals surface area (Å²) in [6.45, 7) is 1.67. The van der Waals surface area contributed by atoms with E-state index < -0.39 is 11.8 Å². The van der Waals surface area contributed by atoms with E-state index in [0.717, 1.165) is 0 Å². The van der Waals surface area contributed by atoms with Crippen LogP contribution in [-0.4, -0.2) is 41.2 Å². The summed E-state index contributed by atoms with van der Waals surface area (Å²) < 4.78 is 29.9. The standard InChI is InChI=1S/C20H18ClFN4O4/c1-3-29-18(27)11-30-16-9-23-7-6-15(16)25-20-17(28-2)10-24-19(26-20)13-8-12(21)4-5-14(13)22/h4-10H,3,11H2,1-2H3,(H,23,24,25,26). The highest BCUT2D eigenvalue weighted by Crippen LogP contribution is 2.32. The summed E-state index contributed by atoms with van der Waals surface area (Å²) >= 11 is 5.97. The summed E-state index contributed by atoms with van der Waals surface area (Å²) in [7, 11) is 1.45. The van der Waals surface area contributed by atoms with Gasteiger partial charge in [-0.05, 0) is 31.2 Å². The second-order valence-corrected chi connectivity index (χ2v) is 6.26. The Hall–Kier alpha value is -3.46. The maximum absolute atomic E-state index is 14.2. The molecular weight excluding hydrogens is 415 g/mol. The highest BCUT2D eigenvalue weighted by molar-refractivity contribution is 6.30. The molecule has 1 N–H and O–H groups in total. The van der Waals surface area contributed by atoms with Gasteiger partial charge in [0.05, 0.1) is 37.4 Å². The molecule has 10 heteroatoms. The third-order valence-electron chi connectivity index (χ3n) is 3.83. The van der Waals surface area contributed by atoms with Crippen molar-refractivity contribution >= 4 is 29.1 Å². The van der Waals surface area contributed by atoms with Crippen LogP contribution in [0.25, 0.3) is 11.4 Å². The highest BCUT2D eigenvalue weighted by atomic mass is 35.5. The van der Waals surface area contributed by atoms with Gasteiger partial charge in [-0.2, -0.15) is 0 Å². The minimum absolute atomic E-state index is 0.112. The number of hydrogen-bond acceptors (Lipinski definition) is 8. The summed E-state index contributed by atoms with van der Waals surface area (Å²) in [5.74, 6) is -0.0463. The Kier molecular flexibility index (Phi) is 6.97. The second-order valence-electron chi connectivity index (χ2n) is 5.83. The van der Waals surface area contributed by atoms with E-state index in [2.05, 4.69) is 20.3 Å². The number of nitrogens with zero attached hydrogens (tertiary/aromatic N) is 3. The predicted molar refractivity (Wildman–Crippen MR) is 109 cm³/mol. The average Bonchev–Trinajstić information content (AvgIpc) is 2.75. The Morgan fingerprint density at radius 2 is 2.07 bits per heavy atom. The molecule has 3 aromatic rings. The van der Waals surface area contributed by atoms with Crippen molar-refractivity contribution in [2.24, 2.45) is 0 Å². The zero-order valence-electron chi connectivity index (χ0n) is 16.2. The minimum atomic E-state index is -0.516.